The summed E-state index contributed by atoms with van der Waals surface area (Å²) in [4.78, 5) is 27.2. The normalized spacial score (nSPS) is 25.5. The summed E-state index contributed by atoms with van der Waals surface area (Å²) in [6.45, 7) is 0.155. The number of urea groups is 1. The van der Waals surface area contributed by atoms with E-state index in [1.54, 1.807) is 30.3 Å². The average molecular weight is 294 g/mol. The lowest BCUT2D eigenvalue weighted by Gasteiger charge is -2.42. The fourth-order valence-corrected chi connectivity index (χ4v) is 4.19. The first-order valence-corrected chi connectivity index (χ1v) is 8.19. The minimum Gasteiger partial charge on any atom is -0.318 e. The van der Waals surface area contributed by atoms with Crippen LogP contribution >= 0.6 is 0 Å². The number of hydrogen-bond donors (Lipinski definition) is 0. The van der Waals surface area contributed by atoms with Crippen molar-refractivity contribution in [2.75, 3.05) is 23.0 Å². The number of carbonyl (C=O) groups is 2. The highest BCUT2D eigenvalue weighted by Gasteiger charge is 2.43. The highest BCUT2D eigenvalue weighted by atomic mass is 32.2. The molecule has 2 fully saturated rings. The van der Waals surface area contributed by atoms with Crippen LogP contribution in [-0.4, -0.2) is 49.3 Å². The van der Waals surface area contributed by atoms with Gasteiger partial charge in [0.15, 0.2) is 9.84 Å². The van der Waals surface area contributed by atoms with Crippen LogP contribution in [0.1, 0.15) is 6.42 Å². The van der Waals surface area contributed by atoms with Crippen molar-refractivity contribution < 1.29 is 18.0 Å². The van der Waals surface area contributed by atoms with Gasteiger partial charge in [0.05, 0.1) is 23.2 Å². The van der Waals surface area contributed by atoms with Gasteiger partial charge < -0.3 is 4.90 Å². The van der Waals surface area contributed by atoms with E-state index in [0.29, 0.717) is 5.69 Å². The molecule has 0 aliphatic carbocycles. The van der Waals surface area contributed by atoms with Crippen molar-refractivity contribution in [1.29, 1.82) is 0 Å². The van der Waals surface area contributed by atoms with Gasteiger partial charge >= 0.3 is 6.03 Å². The summed E-state index contributed by atoms with van der Waals surface area (Å²) >= 11 is 0. The van der Waals surface area contributed by atoms with Gasteiger partial charge in [0, 0.05) is 13.0 Å². The number of carbonyl (C=O) groups excluding carboxylic acids is 2. The molecule has 20 heavy (non-hydrogen) atoms. The third-order valence-corrected chi connectivity index (χ3v) is 5.34. The minimum absolute atomic E-state index is 0.0357. The van der Waals surface area contributed by atoms with E-state index in [4.69, 9.17) is 0 Å². The number of sulfone groups is 1. The third kappa shape index (κ3) is 2.18. The van der Waals surface area contributed by atoms with Crippen LogP contribution in [0.2, 0.25) is 0 Å². The SMILES string of the molecule is O=C1CC2CS(=O)(=O)CCN2C(=O)N1c1ccccc1. The smallest absolute Gasteiger partial charge is 0.318 e. The van der Waals surface area contributed by atoms with Gasteiger partial charge in [0.2, 0.25) is 5.91 Å². The molecule has 3 rings (SSSR count). The Morgan fingerprint density at radius 1 is 1.10 bits per heavy atom. The van der Waals surface area contributed by atoms with Crippen molar-refractivity contribution in [2.45, 2.75) is 12.5 Å². The lowest BCUT2D eigenvalue weighted by molar-refractivity contribution is -0.120. The van der Waals surface area contributed by atoms with Gasteiger partial charge in [-0.1, -0.05) is 18.2 Å². The lowest BCUT2D eigenvalue weighted by Crippen LogP contribution is -2.62. The van der Waals surface area contributed by atoms with E-state index in [1.807, 2.05) is 0 Å². The minimum atomic E-state index is -3.15. The number of para-hydroxylation sites is 1. The molecule has 7 heteroatoms. The Morgan fingerprint density at radius 3 is 2.50 bits per heavy atom. The summed E-state index contributed by atoms with van der Waals surface area (Å²) in [7, 11) is -3.15. The fourth-order valence-electron chi connectivity index (χ4n) is 2.67. The van der Waals surface area contributed by atoms with E-state index in [0.717, 1.165) is 4.90 Å². The molecule has 0 radical (unpaired) electrons. The molecule has 0 N–H and O–H groups in total. The zero-order chi connectivity index (χ0) is 14.3. The van der Waals surface area contributed by atoms with Crippen LogP contribution in [0.25, 0.3) is 0 Å². The van der Waals surface area contributed by atoms with Crippen LogP contribution < -0.4 is 4.90 Å². The number of nitrogens with zero attached hydrogens (tertiary/aromatic N) is 2. The standard InChI is InChI=1S/C13H14N2O4S/c16-12-8-11-9-20(18,19)7-6-14(11)13(17)15(12)10-4-2-1-3-5-10/h1-5,11H,6-9H2. The molecular weight excluding hydrogens is 280 g/mol. The van der Waals surface area contributed by atoms with Crippen LogP contribution in [0.4, 0.5) is 10.5 Å². The molecule has 2 aliphatic rings. The Bertz CT molecular complexity index is 656. The van der Waals surface area contributed by atoms with E-state index in [1.165, 1.54) is 4.90 Å². The molecule has 2 aliphatic heterocycles. The van der Waals surface area contributed by atoms with Crippen molar-refractivity contribution in [2.24, 2.45) is 0 Å². The van der Waals surface area contributed by atoms with Crippen LogP contribution in [0.3, 0.4) is 0 Å². The van der Waals surface area contributed by atoms with Gasteiger partial charge in [0.1, 0.15) is 0 Å². The number of rotatable bonds is 1. The summed E-state index contributed by atoms with van der Waals surface area (Å²) < 4.78 is 23.2. The zero-order valence-electron chi connectivity index (χ0n) is 10.7. The summed E-state index contributed by atoms with van der Waals surface area (Å²) in [6, 6.07) is 7.75. The van der Waals surface area contributed by atoms with Gasteiger partial charge in [-0.2, -0.15) is 0 Å². The lowest BCUT2D eigenvalue weighted by atomic mass is 10.1. The molecule has 0 saturated carbocycles. The predicted octanol–water partition coefficient (Wildman–Crippen LogP) is 0.642. The van der Waals surface area contributed by atoms with Crippen LogP contribution in [-0.2, 0) is 14.6 Å². The second kappa shape index (κ2) is 4.59. The molecule has 1 unspecified atom stereocenters. The summed E-state index contributed by atoms with van der Waals surface area (Å²) in [6.07, 6.45) is 0.0554. The Morgan fingerprint density at radius 2 is 1.80 bits per heavy atom. The topological polar surface area (TPSA) is 74.8 Å². The number of amides is 3. The Hall–Kier alpha value is -1.89. The highest BCUT2D eigenvalue weighted by molar-refractivity contribution is 7.91. The Balaban J connectivity index is 1.91. The highest BCUT2D eigenvalue weighted by Crippen LogP contribution is 2.27. The van der Waals surface area contributed by atoms with Gasteiger partial charge in [0.25, 0.3) is 0 Å². The molecule has 3 amide bonds. The number of anilines is 1. The van der Waals surface area contributed by atoms with E-state index < -0.39 is 21.9 Å². The van der Waals surface area contributed by atoms with Crippen LogP contribution in [0, 0.1) is 0 Å². The Kier molecular flexibility index (Phi) is 3.01. The van der Waals surface area contributed by atoms with Gasteiger partial charge in [-0.05, 0) is 12.1 Å². The quantitative estimate of drug-likeness (QED) is 0.762. The maximum Gasteiger partial charge on any atom is 0.331 e. The second-order valence-corrected chi connectivity index (χ2v) is 7.24. The van der Waals surface area contributed by atoms with Gasteiger partial charge in [-0.3, -0.25) is 4.79 Å². The van der Waals surface area contributed by atoms with Gasteiger partial charge in [-0.25, -0.2) is 18.1 Å². The van der Waals surface area contributed by atoms with Crippen LogP contribution in [0.5, 0.6) is 0 Å². The van der Waals surface area contributed by atoms with E-state index in [-0.39, 0.29) is 30.4 Å². The molecule has 1 atom stereocenters. The molecule has 0 aromatic heterocycles. The molecule has 1 aromatic carbocycles. The predicted molar refractivity (Wildman–Crippen MR) is 73.1 cm³/mol. The molecule has 2 heterocycles. The van der Waals surface area contributed by atoms with Crippen molar-refractivity contribution in [1.82, 2.24) is 4.90 Å². The molecule has 0 spiro atoms. The fraction of sp³-hybridized carbons (Fsp3) is 0.385. The van der Waals surface area contributed by atoms with Crippen molar-refractivity contribution in [3.63, 3.8) is 0 Å². The second-order valence-electron chi connectivity index (χ2n) is 5.01. The molecule has 1 aromatic rings. The van der Waals surface area contributed by atoms with Crippen molar-refractivity contribution >= 4 is 27.5 Å². The zero-order valence-corrected chi connectivity index (χ0v) is 11.5. The third-order valence-electron chi connectivity index (χ3n) is 3.64. The molecular formula is C13H14N2O4S. The molecule has 2 saturated heterocycles. The molecule has 0 bridgehead atoms. The first kappa shape index (κ1) is 13.1. The van der Waals surface area contributed by atoms with E-state index in [9.17, 15) is 18.0 Å². The number of benzene rings is 1. The first-order valence-electron chi connectivity index (χ1n) is 6.37. The van der Waals surface area contributed by atoms with Gasteiger partial charge in [-0.15, -0.1) is 0 Å². The maximum atomic E-state index is 12.4. The maximum absolute atomic E-state index is 12.4. The molecule has 6 nitrogen and oxygen atoms in total. The van der Waals surface area contributed by atoms with E-state index >= 15 is 0 Å². The number of fused-ring (bicyclic) bond motifs is 1. The number of hydrogen-bond acceptors (Lipinski definition) is 4. The van der Waals surface area contributed by atoms with Crippen molar-refractivity contribution in [3.05, 3.63) is 30.3 Å². The summed E-state index contributed by atoms with van der Waals surface area (Å²) in [5, 5.41) is 0. The number of imide groups is 1. The van der Waals surface area contributed by atoms with Crippen molar-refractivity contribution in [3.8, 4) is 0 Å². The average Bonchev–Trinajstić information content (AvgIpc) is 2.38. The summed E-state index contributed by atoms with van der Waals surface area (Å²) in [5.41, 5.74) is 0.523. The van der Waals surface area contributed by atoms with Crippen LogP contribution in [0.15, 0.2) is 30.3 Å². The largest absolute Gasteiger partial charge is 0.331 e. The first-order chi connectivity index (χ1) is 9.48. The Labute approximate surface area is 116 Å². The van der Waals surface area contributed by atoms with E-state index in [2.05, 4.69) is 0 Å². The monoisotopic (exact) mass is 294 g/mol. The molecule has 106 valence electrons. The summed E-state index contributed by atoms with van der Waals surface area (Å²) in [5.74, 6) is -0.501.